The van der Waals surface area contributed by atoms with Crippen LogP contribution in [0.2, 0.25) is 0 Å². The summed E-state index contributed by atoms with van der Waals surface area (Å²) in [5, 5.41) is 2.48. The molecule has 6 heteroatoms. The summed E-state index contributed by atoms with van der Waals surface area (Å²) < 4.78 is 4.74. The summed E-state index contributed by atoms with van der Waals surface area (Å²) in [4.78, 5) is 27.0. The van der Waals surface area contributed by atoms with Gasteiger partial charge in [-0.2, -0.15) is 0 Å². The molecule has 1 heterocycles. The molecule has 1 aromatic rings. The maximum Gasteiger partial charge on any atom is 0.265 e. The molecule has 0 fully saturated rings. The highest BCUT2D eigenvalue weighted by Crippen LogP contribution is 1.99. The van der Waals surface area contributed by atoms with Crippen LogP contribution in [-0.2, 0) is 9.63 Å². The molecule has 2 amide bonds. The first-order valence-corrected chi connectivity index (χ1v) is 4.31. The minimum absolute atomic E-state index is 0.368. The van der Waals surface area contributed by atoms with Gasteiger partial charge in [-0.3, -0.25) is 14.4 Å². The highest BCUT2D eigenvalue weighted by Gasteiger charge is 2.16. The summed E-state index contributed by atoms with van der Waals surface area (Å²) in [7, 11) is 1.32. The van der Waals surface area contributed by atoms with E-state index in [4.69, 9.17) is 4.42 Å². The third-order valence-corrected chi connectivity index (χ3v) is 1.73. The third-order valence-electron chi connectivity index (χ3n) is 1.73. The summed E-state index contributed by atoms with van der Waals surface area (Å²) in [5.41, 5.74) is 2.49. The first-order valence-electron chi connectivity index (χ1n) is 4.31. The Morgan fingerprint density at radius 3 is 2.80 bits per heavy atom. The van der Waals surface area contributed by atoms with E-state index in [-0.39, 0.29) is 5.91 Å². The van der Waals surface area contributed by atoms with E-state index >= 15 is 0 Å². The van der Waals surface area contributed by atoms with Crippen molar-refractivity contribution in [2.75, 3.05) is 7.11 Å². The Bertz CT molecular complexity index is 334. The van der Waals surface area contributed by atoms with Crippen LogP contribution in [-0.4, -0.2) is 25.0 Å². The zero-order valence-corrected chi connectivity index (χ0v) is 8.44. The average Bonchev–Trinajstić information content (AvgIpc) is 2.70. The zero-order valence-electron chi connectivity index (χ0n) is 8.44. The molecule has 0 bridgehead atoms. The monoisotopic (exact) mass is 212 g/mol. The summed E-state index contributed by atoms with van der Waals surface area (Å²) in [6.45, 7) is 1.55. The number of amides is 2. The van der Waals surface area contributed by atoms with Gasteiger partial charge >= 0.3 is 0 Å². The number of hydrogen-bond acceptors (Lipinski definition) is 4. The quantitative estimate of drug-likeness (QED) is 0.692. The van der Waals surface area contributed by atoms with Gasteiger partial charge in [-0.1, -0.05) is 0 Å². The van der Waals surface area contributed by atoms with Gasteiger partial charge in [0, 0.05) is 0 Å². The van der Waals surface area contributed by atoms with Gasteiger partial charge in [0.15, 0.2) is 0 Å². The van der Waals surface area contributed by atoms with Crippen LogP contribution in [0.25, 0.3) is 0 Å². The van der Waals surface area contributed by atoms with Crippen LogP contribution >= 0.6 is 0 Å². The SMILES string of the molecule is CONC(=O)C(C)NC(=O)c1ccoc1. The van der Waals surface area contributed by atoms with Gasteiger partial charge in [-0.25, -0.2) is 5.48 Å². The van der Waals surface area contributed by atoms with Crippen molar-refractivity contribution in [2.24, 2.45) is 0 Å². The predicted molar refractivity (Wildman–Crippen MR) is 50.8 cm³/mol. The molecule has 1 atom stereocenters. The number of hydroxylamine groups is 1. The fourth-order valence-electron chi connectivity index (χ4n) is 0.928. The fraction of sp³-hybridized carbons (Fsp3) is 0.333. The van der Waals surface area contributed by atoms with Crippen LogP contribution in [0.3, 0.4) is 0 Å². The topological polar surface area (TPSA) is 80.6 Å². The third kappa shape index (κ3) is 3.10. The van der Waals surface area contributed by atoms with Gasteiger partial charge in [0.25, 0.3) is 11.8 Å². The lowest BCUT2D eigenvalue weighted by molar-refractivity contribution is -0.132. The summed E-state index contributed by atoms with van der Waals surface area (Å²) in [5.74, 6) is -0.795. The highest BCUT2D eigenvalue weighted by atomic mass is 16.6. The minimum Gasteiger partial charge on any atom is -0.472 e. The van der Waals surface area contributed by atoms with Gasteiger partial charge in [-0.05, 0) is 13.0 Å². The molecule has 2 N–H and O–H groups in total. The second kappa shape index (κ2) is 5.16. The Hall–Kier alpha value is -1.82. The summed E-state index contributed by atoms with van der Waals surface area (Å²) in [6, 6.07) is 0.836. The maximum absolute atomic E-state index is 11.4. The van der Waals surface area contributed by atoms with Gasteiger partial charge in [-0.15, -0.1) is 0 Å². The highest BCUT2D eigenvalue weighted by molar-refractivity contribution is 5.96. The van der Waals surface area contributed by atoms with Crippen molar-refractivity contribution in [3.63, 3.8) is 0 Å². The second-order valence-corrected chi connectivity index (χ2v) is 2.88. The van der Waals surface area contributed by atoms with E-state index in [1.165, 1.54) is 25.7 Å². The first kappa shape index (κ1) is 11.3. The Labute approximate surface area is 86.5 Å². The Morgan fingerprint density at radius 1 is 1.53 bits per heavy atom. The lowest BCUT2D eigenvalue weighted by atomic mass is 10.2. The van der Waals surface area contributed by atoms with Crippen LogP contribution in [0.1, 0.15) is 17.3 Å². The number of rotatable bonds is 4. The molecular formula is C9H12N2O4. The van der Waals surface area contributed by atoms with Gasteiger partial charge < -0.3 is 9.73 Å². The standard InChI is InChI=1S/C9H12N2O4/c1-6(8(12)11-14-2)10-9(13)7-3-4-15-5-7/h3-6H,1-2H3,(H,10,13)(H,11,12). The van der Waals surface area contributed by atoms with E-state index in [9.17, 15) is 9.59 Å². The molecular weight excluding hydrogens is 200 g/mol. The van der Waals surface area contributed by atoms with E-state index < -0.39 is 11.9 Å². The zero-order chi connectivity index (χ0) is 11.3. The van der Waals surface area contributed by atoms with Gasteiger partial charge in [0.05, 0.1) is 18.9 Å². The Balaban J connectivity index is 2.48. The van der Waals surface area contributed by atoms with Crippen LogP contribution in [0, 0.1) is 0 Å². The largest absolute Gasteiger partial charge is 0.472 e. The van der Waals surface area contributed by atoms with Crippen molar-refractivity contribution in [2.45, 2.75) is 13.0 Å². The van der Waals surface area contributed by atoms with Crippen molar-refractivity contribution >= 4 is 11.8 Å². The Morgan fingerprint density at radius 2 is 2.27 bits per heavy atom. The first-order chi connectivity index (χ1) is 7.15. The molecule has 0 saturated carbocycles. The van der Waals surface area contributed by atoms with Crippen molar-refractivity contribution in [1.29, 1.82) is 0 Å². The molecule has 0 radical (unpaired) electrons. The maximum atomic E-state index is 11.4. The number of carbonyl (C=O) groups excluding carboxylic acids is 2. The molecule has 1 aromatic heterocycles. The lowest BCUT2D eigenvalue weighted by Gasteiger charge is -2.11. The molecule has 15 heavy (non-hydrogen) atoms. The van der Waals surface area contributed by atoms with E-state index in [1.807, 2.05) is 0 Å². The average molecular weight is 212 g/mol. The molecule has 0 saturated heterocycles. The molecule has 82 valence electrons. The number of furan rings is 1. The minimum atomic E-state index is -0.674. The summed E-state index contributed by atoms with van der Waals surface area (Å²) in [6.07, 6.45) is 2.69. The van der Waals surface area contributed by atoms with E-state index in [1.54, 1.807) is 6.92 Å². The molecule has 1 unspecified atom stereocenters. The molecule has 0 aliphatic rings. The van der Waals surface area contributed by atoms with Crippen molar-refractivity contribution < 1.29 is 18.8 Å². The van der Waals surface area contributed by atoms with Gasteiger partial charge in [0.2, 0.25) is 0 Å². The molecule has 0 aliphatic heterocycles. The fourth-order valence-corrected chi connectivity index (χ4v) is 0.928. The molecule has 0 aliphatic carbocycles. The van der Waals surface area contributed by atoms with Crippen LogP contribution < -0.4 is 10.8 Å². The summed E-state index contributed by atoms with van der Waals surface area (Å²) >= 11 is 0. The van der Waals surface area contributed by atoms with Crippen molar-refractivity contribution in [3.05, 3.63) is 24.2 Å². The van der Waals surface area contributed by atoms with Crippen molar-refractivity contribution in [3.8, 4) is 0 Å². The van der Waals surface area contributed by atoms with Crippen LogP contribution in [0.15, 0.2) is 23.0 Å². The van der Waals surface area contributed by atoms with E-state index in [0.29, 0.717) is 5.56 Å². The second-order valence-electron chi connectivity index (χ2n) is 2.88. The molecule has 0 spiro atoms. The van der Waals surface area contributed by atoms with Crippen LogP contribution in [0.5, 0.6) is 0 Å². The number of carbonyl (C=O) groups is 2. The Kier molecular flexibility index (Phi) is 3.87. The smallest absolute Gasteiger partial charge is 0.265 e. The number of hydrogen-bond donors (Lipinski definition) is 2. The van der Waals surface area contributed by atoms with Gasteiger partial charge in [0.1, 0.15) is 12.3 Å². The lowest BCUT2D eigenvalue weighted by Crippen LogP contribution is -2.44. The molecule has 0 aromatic carbocycles. The van der Waals surface area contributed by atoms with E-state index in [2.05, 4.69) is 15.6 Å². The molecule has 6 nitrogen and oxygen atoms in total. The predicted octanol–water partition coefficient (Wildman–Crippen LogP) is 0.0755. The van der Waals surface area contributed by atoms with Crippen LogP contribution in [0.4, 0.5) is 0 Å². The number of nitrogens with one attached hydrogen (secondary N) is 2. The molecule has 1 rings (SSSR count). The van der Waals surface area contributed by atoms with E-state index in [0.717, 1.165) is 0 Å². The van der Waals surface area contributed by atoms with Crippen molar-refractivity contribution in [1.82, 2.24) is 10.8 Å². The normalized spacial score (nSPS) is 11.9.